The molecule has 0 bridgehead atoms. The van der Waals surface area contributed by atoms with E-state index in [0.29, 0.717) is 48.1 Å². The van der Waals surface area contributed by atoms with Gasteiger partial charge in [0.25, 0.3) is 11.5 Å². The highest BCUT2D eigenvalue weighted by Crippen LogP contribution is 2.32. The fourth-order valence-corrected chi connectivity index (χ4v) is 4.87. The number of hydrogen-bond acceptors (Lipinski definition) is 8. The first-order valence-electron chi connectivity index (χ1n) is 14.2. The van der Waals surface area contributed by atoms with Gasteiger partial charge in [0.05, 0.1) is 36.5 Å². The van der Waals surface area contributed by atoms with Crippen LogP contribution in [0.2, 0.25) is 0 Å². The van der Waals surface area contributed by atoms with Crippen molar-refractivity contribution in [3.05, 3.63) is 104 Å². The standard InChI is InChI=1S/C32H33FN6O5/c1-20(2)38-19-26(31(41)39(32(38)42)24-7-4-22(33)5-8-24)30(40)36-23-6-9-28(21(3)16-23)44-29-17-25(18-35-27(29)10-11-34)37-12-14-43-15-13-37/h4-9,11,16-20,34H,10,12-15H2,1-3H3,(H,36,40). The summed E-state index contributed by atoms with van der Waals surface area (Å²) in [7, 11) is 0. The van der Waals surface area contributed by atoms with E-state index in [0.717, 1.165) is 35.5 Å². The fourth-order valence-electron chi connectivity index (χ4n) is 4.87. The molecule has 3 heterocycles. The molecule has 1 aliphatic heterocycles. The molecule has 5 rings (SSSR count). The van der Waals surface area contributed by atoms with Crippen LogP contribution in [0.25, 0.3) is 5.69 Å². The van der Waals surface area contributed by atoms with E-state index in [1.807, 2.05) is 13.0 Å². The van der Waals surface area contributed by atoms with Crippen molar-refractivity contribution >= 4 is 23.5 Å². The maximum Gasteiger partial charge on any atom is 0.335 e. The zero-order valence-electron chi connectivity index (χ0n) is 24.7. The molecule has 0 spiro atoms. The van der Waals surface area contributed by atoms with Crippen molar-refractivity contribution in [3.63, 3.8) is 0 Å². The molecule has 228 valence electrons. The Kier molecular flexibility index (Phi) is 9.00. The van der Waals surface area contributed by atoms with Gasteiger partial charge in [-0.25, -0.2) is 13.8 Å². The maximum atomic E-state index is 13.5. The van der Waals surface area contributed by atoms with Gasteiger partial charge in [0.1, 0.15) is 17.1 Å². The van der Waals surface area contributed by atoms with Crippen molar-refractivity contribution in [1.29, 1.82) is 5.41 Å². The Morgan fingerprint density at radius 2 is 1.82 bits per heavy atom. The SMILES string of the molecule is Cc1cc(NC(=O)c2cn(C(C)C)c(=O)n(-c3ccc(F)cc3)c2=O)ccc1Oc1cc(N2CCOCC2)cnc1CC=N. The highest BCUT2D eigenvalue weighted by Gasteiger charge is 2.21. The maximum absolute atomic E-state index is 13.5. The van der Waals surface area contributed by atoms with Crippen molar-refractivity contribution < 1.29 is 18.7 Å². The number of halogens is 1. The van der Waals surface area contributed by atoms with Crippen LogP contribution in [0.15, 0.2) is 70.5 Å². The second-order valence-corrected chi connectivity index (χ2v) is 10.6. The van der Waals surface area contributed by atoms with Crippen LogP contribution in [-0.4, -0.2) is 52.5 Å². The highest BCUT2D eigenvalue weighted by molar-refractivity contribution is 6.04. The summed E-state index contributed by atoms with van der Waals surface area (Å²) in [4.78, 5) is 46.6. The van der Waals surface area contributed by atoms with Gasteiger partial charge in [-0.1, -0.05) is 0 Å². The van der Waals surface area contributed by atoms with Crippen LogP contribution >= 0.6 is 0 Å². The molecular formula is C32H33FN6O5. The summed E-state index contributed by atoms with van der Waals surface area (Å²) in [5.41, 5.74) is 1.07. The number of aryl methyl sites for hydroxylation is 1. The van der Waals surface area contributed by atoms with Crippen LogP contribution in [0, 0.1) is 18.2 Å². The molecule has 1 fully saturated rings. The van der Waals surface area contributed by atoms with Crippen molar-refractivity contribution in [3.8, 4) is 17.2 Å². The van der Waals surface area contributed by atoms with Crippen molar-refractivity contribution in [1.82, 2.24) is 14.1 Å². The van der Waals surface area contributed by atoms with Crippen LogP contribution < -0.4 is 26.2 Å². The number of amides is 1. The Hall–Kier alpha value is -5.10. The van der Waals surface area contributed by atoms with E-state index in [9.17, 15) is 18.8 Å². The van der Waals surface area contributed by atoms with Crippen molar-refractivity contribution in [2.24, 2.45) is 0 Å². The number of aromatic nitrogens is 3. The number of nitrogens with one attached hydrogen (secondary N) is 2. The number of hydrogen-bond donors (Lipinski definition) is 2. The number of nitrogens with zero attached hydrogens (tertiary/aromatic N) is 4. The molecule has 1 aliphatic rings. The van der Waals surface area contributed by atoms with E-state index in [4.69, 9.17) is 14.9 Å². The molecule has 2 aromatic carbocycles. The lowest BCUT2D eigenvalue weighted by Gasteiger charge is -2.29. The van der Waals surface area contributed by atoms with Gasteiger partial charge >= 0.3 is 5.69 Å². The molecule has 11 nitrogen and oxygen atoms in total. The van der Waals surface area contributed by atoms with E-state index in [1.54, 1.807) is 38.2 Å². The Labute approximate surface area is 253 Å². The Balaban J connectivity index is 1.42. The minimum Gasteiger partial charge on any atom is -0.455 e. The predicted molar refractivity (Wildman–Crippen MR) is 166 cm³/mol. The first-order chi connectivity index (χ1) is 21.2. The van der Waals surface area contributed by atoms with E-state index in [1.165, 1.54) is 29.1 Å². The molecule has 0 saturated carbocycles. The lowest BCUT2D eigenvalue weighted by atomic mass is 10.1. The van der Waals surface area contributed by atoms with E-state index in [2.05, 4.69) is 15.2 Å². The van der Waals surface area contributed by atoms with Crippen molar-refractivity contribution in [2.45, 2.75) is 33.2 Å². The number of morpholine rings is 1. The van der Waals surface area contributed by atoms with Gasteiger partial charge in [0.15, 0.2) is 5.75 Å². The minimum absolute atomic E-state index is 0.150. The fraction of sp³-hybridized carbons (Fsp3) is 0.281. The second kappa shape index (κ2) is 13.0. The summed E-state index contributed by atoms with van der Waals surface area (Å²) in [6.45, 7) is 8.06. The zero-order valence-corrected chi connectivity index (χ0v) is 24.7. The van der Waals surface area contributed by atoms with Gasteiger partial charge in [-0.3, -0.25) is 19.1 Å². The average molecular weight is 601 g/mol. The molecule has 1 saturated heterocycles. The number of pyridine rings is 1. The number of carbonyl (C=O) groups excluding carboxylic acids is 1. The van der Waals surface area contributed by atoms with Crippen LogP contribution in [0.1, 0.15) is 41.5 Å². The molecule has 4 aromatic rings. The molecule has 0 atom stereocenters. The minimum atomic E-state index is -0.820. The van der Waals surface area contributed by atoms with Gasteiger partial charge in [-0.2, -0.15) is 0 Å². The average Bonchev–Trinajstić information content (AvgIpc) is 3.00. The number of rotatable bonds is 9. The zero-order chi connectivity index (χ0) is 31.4. The van der Waals surface area contributed by atoms with Gasteiger partial charge in [0, 0.05) is 49.7 Å². The van der Waals surface area contributed by atoms with Crippen molar-refractivity contribution in [2.75, 3.05) is 36.5 Å². The lowest BCUT2D eigenvalue weighted by Crippen LogP contribution is -2.42. The first kappa shape index (κ1) is 30.4. The largest absolute Gasteiger partial charge is 0.455 e. The smallest absolute Gasteiger partial charge is 0.335 e. The van der Waals surface area contributed by atoms with Crippen LogP contribution in [0.4, 0.5) is 15.8 Å². The molecule has 2 aromatic heterocycles. The molecule has 12 heteroatoms. The third-order valence-corrected chi connectivity index (χ3v) is 7.24. The number of benzene rings is 2. The molecule has 0 aliphatic carbocycles. The molecule has 1 amide bonds. The predicted octanol–water partition coefficient (Wildman–Crippen LogP) is 4.50. The number of ether oxygens (including phenoxy) is 2. The quantitative estimate of drug-likeness (QED) is 0.271. The third kappa shape index (κ3) is 6.45. The molecule has 2 N–H and O–H groups in total. The van der Waals surface area contributed by atoms with Crippen LogP contribution in [0.3, 0.4) is 0 Å². The summed E-state index contributed by atoms with van der Waals surface area (Å²) < 4.78 is 27.4. The summed E-state index contributed by atoms with van der Waals surface area (Å²) in [6.07, 6.45) is 4.59. The molecule has 0 radical (unpaired) electrons. The first-order valence-corrected chi connectivity index (χ1v) is 14.2. The van der Waals surface area contributed by atoms with Gasteiger partial charge < -0.3 is 25.1 Å². The van der Waals surface area contributed by atoms with Crippen LogP contribution in [-0.2, 0) is 11.2 Å². The second-order valence-electron chi connectivity index (χ2n) is 10.6. The molecular weight excluding hydrogens is 567 g/mol. The van der Waals surface area contributed by atoms with E-state index in [-0.39, 0.29) is 17.3 Å². The third-order valence-electron chi connectivity index (χ3n) is 7.24. The monoisotopic (exact) mass is 600 g/mol. The van der Waals surface area contributed by atoms with Gasteiger partial charge in [-0.15, -0.1) is 0 Å². The Morgan fingerprint density at radius 1 is 1.09 bits per heavy atom. The highest BCUT2D eigenvalue weighted by atomic mass is 19.1. The topological polar surface area (TPSA) is 132 Å². The molecule has 0 unspecified atom stereocenters. The molecule has 44 heavy (non-hydrogen) atoms. The summed E-state index contributed by atoms with van der Waals surface area (Å²) >= 11 is 0. The van der Waals surface area contributed by atoms with E-state index < -0.39 is 23.0 Å². The normalized spacial score (nSPS) is 13.2. The van der Waals surface area contributed by atoms with Gasteiger partial charge in [0.2, 0.25) is 0 Å². The summed E-state index contributed by atoms with van der Waals surface area (Å²) in [5, 5.41) is 10.3. The lowest BCUT2D eigenvalue weighted by molar-refractivity contribution is 0.102. The summed E-state index contributed by atoms with van der Waals surface area (Å²) in [6, 6.07) is 11.5. The number of anilines is 2. The van der Waals surface area contributed by atoms with Crippen LogP contribution in [0.5, 0.6) is 11.5 Å². The van der Waals surface area contributed by atoms with Gasteiger partial charge in [-0.05, 0) is 68.8 Å². The Bertz CT molecular complexity index is 1810. The summed E-state index contributed by atoms with van der Waals surface area (Å²) in [5.74, 6) is -0.171. The Morgan fingerprint density at radius 3 is 2.48 bits per heavy atom. The number of carbonyl (C=O) groups is 1. The van der Waals surface area contributed by atoms with E-state index >= 15 is 0 Å².